The summed E-state index contributed by atoms with van der Waals surface area (Å²) in [5.41, 5.74) is 3.14. The fraction of sp³-hybridized carbons (Fsp3) is 0.111. The molecule has 1 N–H and O–H groups in total. The number of aromatic nitrogens is 2. The number of aryl methyl sites for hydroxylation is 1. The summed E-state index contributed by atoms with van der Waals surface area (Å²) in [6, 6.07) is 14.8. The Hall–Kier alpha value is -2.75. The highest BCUT2D eigenvalue weighted by molar-refractivity contribution is 5.72. The third kappa shape index (κ3) is 2.55. The van der Waals surface area contributed by atoms with Gasteiger partial charge >= 0.3 is 0 Å². The van der Waals surface area contributed by atoms with Crippen LogP contribution in [0, 0.1) is 12.7 Å². The van der Waals surface area contributed by atoms with Crippen molar-refractivity contribution in [1.29, 1.82) is 0 Å². The Morgan fingerprint density at radius 3 is 2.36 bits per heavy atom. The Bertz CT molecular complexity index is 801. The molecule has 1 aromatic heterocycles. The van der Waals surface area contributed by atoms with E-state index in [0.717, 1.165) is 11.3 Å². The Labute approximate surface area is 128 Å². The van der Waals surface area contributed by atoms with Crippen molar-refractivity contribution in [1.82, 2.24) is 9.97 Å². The maximum absolute atomic E-state index is 14.9. The molecule has 3 aromatic rings. The van der Waals surface area contributed by atoms with Gasteiger partial charge in [0, 0.05) is 18.2 Å². The summed E-state index contributed by atoms with van der Waals surface area (Å²) in [6.07, 6.45) is 1.59. The molecule has 0 aliphatic carbocycles. The van der Waals surface area contributed by atoms with E-state index in [1.165, 1.54) is 0 Å². The maximum atomic E-state index is 14.9. The van der Waals surface area contributed by atoms with E-state index in [4.69, 9.17) is 0 Å². The van der Waals surface area contributed by atoms with Crippen molar-refractivity contribution in [3.05, 3.63) is 66.2 Å². The Morgan fingerprint density at radius 1 is 0.955 bits per heavy atom. The SMILES string of the molecule is CNc1ncc(-c2cccc(-c3ccccc3)c2F)nc1C. The number of halogens is 1. The fourth-order valence-electron chi connectivity index (χ4n) is 2.43. The second-order valence-corrected chi connectivity index (χ2v) is 4.97. The highest BCUT2D eigenvalue weighted by atomic mass is 19.1. The molecule has 3 rings (SSSR count). The van der Waals surface area contributed by atoms with Crippen LogP contribution in [0.15, 0.2) is 54.7 Å². The quantitative estimate of drug-likeness (QED) is 0.782. The smallest absolute Gasteiger partial charge is 0.147 e. The molecule has 4 heteroatoms. The first kappa shape index (κ1) is 14.2. The molecule has 22 heavy (non-hydrogen) atoms. The standard InChI is InChI=1S/C18H16FN3/c1-12-18(20-2)21-11-16(22-12)15-10-6-9-14(17(15)19)13-7-4-3-5-8-13/h3-11H,1-2H3,(H,20,21). The average Bonchev–Trinajstić information content (AvgIpc) is 2.56. The van der Waals surface area contributed by atoms with Gasteiger partial charge in [-0.05, 0) is 18.6 Å². The van der Waals surface area contributed by atoms with Crippen molar-refractivity contribution >= 4 is 5.82 Å². The molecule has 0 bridgehead atoms. The van der Waals surface area contributed by atoms with E-state index in [1.807, 2.05) is 43.3 Å². The second-order valence-electron chi connectivity index (χ2n) is 4.97. The average molecular weight is 293 g/mol. The molecular weight excluding hydrogens is 277 g/mol. The molecule has 0 saturated heterocycles. The molecule has 0 atom stereocenters. The van der Waals surface area contributed by atoms with Crippen LogP contribution in [0.2, 0.25) is 0 Å². The van der Waals surface area contributed by atoms with Crippen molar-refractivity contribution < 1.29 is 4.39 Å². The van der Waals surface area contributed by atoms with Crippen LogP contribution in [0.3, 0.4) is 0 Å². The third-order valence-corrected chi connectivity index (χ3v) is 3.54. The number of benzene rings is 2. The van der Waals surface area contributed by atoms with E-state index in [-0.39, 0.29) is 5.82 Å². The van der Waals surface area contributed by atoms with Gasteiger partial charge < -0.3 is 5.32 Å². The van der Waals surface area contributed by atoms with Gasteiger partial charge in [-0.3, -0.25) is 0 Å². The van der Waals surface area contributed by atoms with Gasteiger partial charge in [0.15, 0.2) is 0 Å². The molecule has 0 unspecified atom stereocenters. The van der Waals surface area contributed by atoms with Crippen LogP contribution < -0.4 is 5.32 Å². The highest BCUT2D eigenvalue weighted by Gasteiger charge is 2.13. The number of hydrogen-bond donors (Lipinski definition) is 1. The lowest BCUT2D eigenvalue weighted by Crippen LogP contribution is -2.00. The zero-order valence-electron chi connectivity index (χ0n) is 12.5. The maximum Gasteiger partial charge on any atom is 0.147 e. The number of hydrogen-bond acceptors (Lipinski definition) is 3. The molecular formula is C18H16FN3. The first-order valence-corrected chi connectivity index (χ1v) is 7.06. The summed E-state index contributed by atoms with van der Waals surface area (Å²) in [5, 5.41) is 2.96. The van der Waals surface area contributed by atoms with Crippen molar-refractivity contribution in [2.75, 3.05) is 12.4 Å². The van der Waals surface area contributed by atoms with E-state index >= 15 is 0 Å². The van der Waals surface area contributed by atoms with Gasteiger partial charge in [0.2, 0.25) is 0 Å². The second kappa shape index (κ2) is 5.93. The topological polar surface area (TPSA) is 37.8 Å². The van der Waals surface area contributed by atoms with Crippen LogP contribution in [0.4, 0.5) is 10.2 Å². The van der Waals surface area contributed by atoms with Gasteiger partial charge in [-0.2, -0.15) is 0 Å². The van der Waals surface area contributed by atoms with Gasteiger partial charge in [0.25, 0.3) is 0 Å². The molecule has 0 spiro atoms. The van der Waals surface area contributed by atoms with Crippen LogP contribution in [0.1, 0.15) is 5.69 Å². The largest absolute Gasteiger partial charge is 0.372 e. The van der Waals surface area contributed by atoms with Gasteiger partial charge in [0.1, 0.15) is 11.6 Å². The number of rotatable bonds is 3. The van der Waals surface area contributed by atoms with E-state index in [2.05, 4.69) is 15.3 Å². The minimum Gasteiger partial charge on any atom is -0.372 e. The van der Waals surface area contributed by atoms with Gasteiger partial charge in [-0.1, -0.05) is 42.5 Å². The van der Waals surface area contributed by atoms with E-state index < -0.39 is 0 Å². The highest BCUT2D eigenvalue weighted by Crippen LogP contribution is 2.30. The minimum atomic E-state index is -0.278. The van der Waals surface area contributed by atoms with Crippen molar-refractivity contribution in [3.63, 3.8) is 0 Å². The normalized spacial score (nSPS) is 10.5. The molecule has 0 aliphatic rings. The molecule has 0 radical (unpaired) electrons. The summed E-state index contributed by atoms with van der Waals surface area (Å²) >= 11 is 0. The van der Waals surface area contributed by atoms with Gasteiger partial charge in [-0.15, -0.1) is 0 Å². The monoisotopic (exact) mass is 293 g/mol. The van der Waals surface area contributed by atoms with Crippen LogP contribution in [0.5, 0.6) is 0 Å². The van der Waals surface area contributed by atoms with E-state index in [1.54, 1.807) is 25.4 Å². The number of nitrogens with one attached hydrogen (secondary N) is 1. The number of nitrogens with zero attached hydrogens (tertiary/aromatic N) is 2. The zero-order chi connectivity index (χ0) is 15.5. The molecule has 2 aromatic carbocycles. The molecule has 3 nitrogen and oxygen atoms in total. The lowest BCUT2D eigenvalue weighted by molar-refractivity contribution is 0.634. The summed E-state index contributed by atoms with van der Waals surface area (Å²) < 4.78 is 14.9. The van der Waals surface area contributed by atoms with E-state index in [0.29, 0.717) is 22.6 Å². The predicted octanol–water partition coefficient (Wildman–Crippen LogP) is 4.30. The van der Waals surface area contributed by atoms with Crippen molar-refractivity contribution in [2.24, 2.45) is 0 Å². The first-order chi connectivity index (χ1) is 10.7. The Morgan fingerprint density at radius 2 is 1.68 bits per heavy atom. The molecule has 1 heterocycles. The summed E-state index contributed by atoms with van der Waals surface area (Å²) in [7, 11) is 1.79. The molecule has 0 amide bonds. The number of anilines is 1. The lowest BCUT2D eigenvalue weighted by Gasteiger charge is -2.10. The van der Waals surface area contributed by atoms with Crippen LogP contribution >= 0.6 is 0 Å². The van der Waals surface area contributed by atoms with Crippen LogP contribution in [-0.4, -0.2) is 17.0 Å². The summed E-state index contributed by atoms with van der Waals surface area (Å²) in [5.74, 6) is 0.419. The Balaban J connectivity index is 2.11. The Kier molecular flexibility index (Phi) is 3.83. The van der Waals surface area contributed by atoms with Crippen LogP contribution in [-0.2, 0) is 0 Å². The molecule has 110 valence electrons. The summed E-state index contributed by atoms with van der Waals surface area (Å²) in [4.78, 5) is 8.72. The van der Waals surface area contributed by atoms with Crippen molar-refractivity contribution in [3.8, 4) is 22.4 Å². The molecule has 0 saturated carbocycles. The molecule has 0 aliphatic heterocycles. The van der Waals surface area contributed by atoms with Gasteiger partial charge in [0.05, 0.1) is 17.6 Å². The molecule has 0 fully saturated rings. The third-order valence-electron chi connectivity index (χ3n) is 3.54. The zero-order valence-corrected chi connectivity index (χ0v) is 12.5. The predicted molar refractivity (Wildman–Crippen MR) is 87.1 cm³/mol. The fourth-order valence-corrected chi connectivity index (χ4v) is 2.43. The lowest BCUT2D eigenvalue weighted by atomic mass is 10.0. The van der Waals surface area contributed by atoms with Gasteiger partial charge in [-0.25, -0.2) is 14.4 Å². The van der Waals surface area contributed by atoms with E-state index in [9.17, 15) is 4.39 Å². The first-order valence-electron chi connectivity index (χ1n) is 7.06. The van der Waals surface area contributed by atoms with Crippen molar-refractivity contribution in [2.45, 2.75) is 6.92 Å². The minimum absolute atomic E-state index is 0.278. The van der Waals surface area contributed by atoms with Crippen LogP contribution in [0.25, 0.3) is 22.4 Å². The summed E-state index contributed by atoms with van der Waals surface area (Å²) in [6.45, 7) is 1.85.